The fourth-order valence-electron chi connectivity index (χ4n) is 1.34. The summed E-state index contributed by atoms with van der Waals surface area (Å²) in [5, 5.41) is 0.641. The summed E-state index contributed by atoms with van der Waals surface area (Å²) in [4.78, 5) is 11.2. The predicted octanol–water partition coefficient (Wildman–Crippen LogP) is 2.12. The number of carbonyl (C=O) groups excluding carboxylic acids is 1. The number of nitrogens with two attached hydrogens (primary N) is 1. The van der Waals surface area contributed by atoms with Gasteiger partial charge in [0.15, 0.2) is 0 Å². The Morgan fingerprint density at radius 3 is 2.78 bits per heavy atom. The first kappa shape index (κ1) is 12.5. The molecule has 0 radical (unpaired) electrons. The maximum absolute atomic E-state index is 11.2. The van der Waals surface area contributed by atoms with E-state index in [1.807, 2.05) is 5.43 Å². The van der Waals surface area contributed by atoms with E-state index in [-0.39, 0.29) is 6.61 Å². The third-order valence-corrected chi connectivity index (χ3v) is 2.49. The molecule has 5 nitrogen and oxygen atoms in total. The molecule has 18 heavy (non-hydrogen) atoms. The number of nitrogens with one attached hydrogen (secondary N) is 1. The summed E-state index contributed by atoms with van der Waals surface area (Å²) >= 11 is 5.75. The van der Waals surface area contributed by atoms with Crippen molar-refractivity contribution in [3.05, 3.63) is 52.9 Å². The van der Waals surface area contributed by atoms with E-state index >= 15 is 0 Å². The molecule has 0 saturated heterocycles. The van der Waals surface area contributed by atoms with Crippen LogP contribution in [0.15, 0.2) is 41.0 Å². The van der Waals surface area contributed by atoms with Gasteiger partial charge in [0.1, 0.15) is 24.4 Å². The minimum Gasteiger partial charge on any atom is -0.486 e. The number of furan rings is 1. The number of hydrazine groups is 1. The second kappa shape index (κ2) is 5.57. The van der Waals surface area contributed by atoms with Crippen molar-refractivity contribution >= 4 is 17.5 Å². The van der Waals surface area contributed by atoms with Gasteiger partial charge in [-0.05, 0) is 30.3 Å². The summed E-state index contributed by atoms with van der Waals surface area (Å²) in [6, 6.07) is 8.52. The van der Waals surface area contributed by atoms with E-state index in [1.165, 1.54) is 6.26 Å². The zero-order valence-electron chi connectivity index (χ0n) is 9.35. The Balaban J connectivity index is 1.96. The number of nitrogen functional groups attached to an aromatic ring is 1. The molecule has 94 valence electrons. The van der Waals surface area contributed by atoms with E-state index in [0.29, 0.717) is 22.1 Å². The molecule has 0 unspecified atom stereocenters. The highest BCUT2D eigenvalue weighted by molar-refractivity contribution is 6.30. The lowest BCUT2D eigenvalue weighted by molar-refractivity contribution is 0.0953. The van der Waals surface area contributed by atoms with Crippen LogP contribution in [0.2, 0.25) is 5.02 Å². The Labute approximate surface area is 108 Å². The van der Waals surface area contributed by atoms with Crippen LogP contribution in [-0.4, -0.2) is 5.91 Å². The average Bonchev–Trinajstić information content (AvgIpc) is 2.86. The predicted molar refractivity (Wildman–Crippen MR) is 66.1 cm³/mol. The van der Waals surface area contributed by atoms with Gasteiger partial charge in [0.25, 0.3) is 5.91 Å². The van der Waals surface area contributed by atoms with Crippen LogP contribution in [0.3, 0.4) is 0 Å². The van der Waals surface area contributed by atoms with Crippen LogP contribution in [0.1, 0.15) is 16.1 Å². The number of halogens is 1. The summed E-state index contributed by atoms with van der Waals surface area (Å²) in [6.07, 6.45) is 1.32. The minimum absolute atomic E-state index is 0.222. The van der Waals surface area contributed by atoms with Crippen LogP contribution < -0.4 is 16.0 Å². The highest BCUT2D eigenvalue weighted by Crippen LogP contribution is 2.17. The van der Waals surface area contributed by atoms with Gasteiger partial charge in [0, 0.05) is 5.02 Å². The van der Waals surface area contributed by atoms with Crippen LogP contribution in [0, 0.1) is 0 Å². The molecule has 0 aliphatic heterocycles. The van der Waals surface area contributed by atoms with Crippen molar-refractivity contribution in [1.29, 1.82) is 0 Å². The highest BCUT2D eigenvalue weighted by Gasteiger charge is 2.08. The Morgan fingerprint density at radius 1 is 1.39 bits per heavy atom. The van der Waals surface area contributed by atoms with Gasteiger partial charge in [-0.3, -0.25) is 10.2 Å². The molecular formula is C12H11ClN2O3. The fraction of sp³-hybridized carbons (Fsp3) is 0.0833. The van der Waals surface area contributed by atoms with Crippen LogP contribution in [0.5, 0.6) is 5.75 Å². The van der Waals surface area contributed by atoms with E-state index in [4.69, 9.17) is 26.6 Å². The van der Waals surface area contributed by atoms with Crippen molar-refractivity contribution in [2.45, 2.75) is 6.61 Å². The van der Waals surface area contributed by atoms with Gasteiger partial charge in [-0.2, -0.15) is 0 Å². The zero-order valence-corrected chi connectivity index (χ0v) is 10.1. The van der Waals surface area contributed by atoms with E-state index in [9.17, 15) is 4.79 Å². The van der Waals surface area contributed by atoms with E-state index in [2.05, 4.69) is 0 Å². The third-order valence-electron chi connectivity index (χ3n) is 2.24. The van der Waals surface area contributed by atoms with Crippen molar-refractivity contribution in [2.24, 2.45) is 5.84 Å². The Morgan fingerprint density at radius 2 is 2.11 bits per heavy atom. The molecule has 1 amide bonds. The van der Waals surface area contributed by atoms with Crippen molar-refractivity contribution in [1.82, 2.24) is 5.43 Å². The van der Waals surface area contributed by atoms with Gasteiger partial charge in [-0.15, -0.1) is 0 Å². The summed E-state index contributed by atoms with van der Waals surface area (Å²) < 4.78 is 10.6. The Bertz CT molecular complexity index is 537. The fourth-order valence-corrected chi connectivity index (χ4v) is 1.47. The molecule has 3 N–H and O–H groups in total. The molecule has 0 spiro atoms. The normalized spacial score (nSPS) is 10.1. The highest BCUT2D eigenvalue weighted by atomic mass is 35.5. The molecule has 0 bridgehead atoms. The molecule has 0 aliphatic rings. The Kier molecular flexibility index (Phi) is 3.86. The van der Waals surface area contributed by atoms with E-state index < -0.39 is 5.91 Å². The number of ether oxygens (including phenoxy) is 1. The lowest BCUT2D eigenvalue weighted by atomic mass is 10.3. The molecule has 1 aromatic carbocycles. The topological polar surface area (TPSA) is 77.5 Å². The number of carbonyl (C=O) groups is 1. The Hall–Kier alpha value is -1.98. The number of rotatable bonds is 4. The molecule has 0 saturated carbocycles. The molecule has 0 atom stereocenters. The van der Waals surface area contributed by atoms with Crippen LogP contribution in [0.25, 0.3) is 0 Å². The first-order valence-electron chi connectivity index (χ1n) is 5.16. The summed E-state index contributed by atoms with van der Waals surface area (Å²) in [5.41, 5.74) is 2.37. The number of amides is 1. The van der Waals surface area contributed by atoms with Crippen molar-refractivity contribution < 1.29 is 13.9 Å². The number of hydrogen-bond donors (Lipinski definition) is 2. The quantitative estimate of drug-likeness (QED) is 0.505. The number of hydrogen-bond acceptors (Lipinski definition) is 4. The van der Waals surface area contributed by atoms with Crippen molar-refractivity contribution in [3.63, 3.8) is 0 Å². The van der Waals surface area contributed by atoms with Gasteiger partial charge >= 0.3 is 0 Å². The SMILES string of the molecule is NNC(=O)c1coc(COc2ccc(Cl)cc2)c1. The van der Waals surface area contributed by atoms with Crippen molar-refractivity contribution in [3.8, 4) is 5.75 Å². The van der Waals surface area contributed by atoms with Gasteiger partial charge in [0.05, 0.1) is 5.56 Å². The van der Waals surface area contributed by atoms with Gasteiger partial charge in [-0.1, -0.05) is 11.6 Å². The summed E-state index contributed by atoms with van der Waals surface area (Å²) in [5.74, 6) is 5.80. The van der Waals surface area contributed by atoms with Crippen molar-refractivity contribution in [2.75, 3.05) is 0 Å². The van der Waals surface area contributed by atoms with E-state index in [0.717, 1.165) is 0 Å². The van der Waals surface area contributed by atoms with Crippen LogP contribution >= 0.6 is 11.6 Å². The molecule has 1 heterocycles. The summed E-state index contributed by atoms with van der Waals surface area (Å²) in [7, 11) is 0. The van der Waals surface area contributed by atoms with Gasteiger partial charge in [-0.25, -0.2) is 5.84 Å². The first-order valence-corrected chi connectivity index (χ1v) is 5.53. The molecular weight excluding hydrogens is 256 g/mol. The lowest BCUT2D eigenvalue weighted by Crippen LogP contribution is -2.29. The van der Waals surface area contributed by atoms with Crippen LogP contribution in [0.4, 0.5) is 0 Å². The standard InChI is InChI=1S/C12H11ClN2O3/c13-9-1-3-10(4-2-9)18-7-11-5-8(6-17-11)12(16)15-14/h1-6H,7,14H2,(H,15,16). The second-order valence-electron chi connectivity index (χ2n) is 3.52. The second-order valence-corrected chi connectivity index (χ2v) is 3.95. The molecule has 0 aliphatic carbocycles. The van der Waals surface area contributed by atoms with E-state index in [1.54, 1.807) is 30.3 Å². The zero-order chi connectivity index (χ0) is 13.0. The minimum atomic E-state index is -0.406. The first-order chi connectivity index (χ1) is 8.69. The molecule has 6 heteroatoms. The largest absolute Gasteiger partial charge is 0.486 e. The average molecular weight is 267 g/mol. The maximum Gasteiger partial charge on any atom is 0.268 e. The number of benzene rings is 1. The van der Waals surface area contributed by atoms with Gasteiger partial charge < -0.3 is 9.15 Å². The maximum atomic E-state index is 11.2. The third kappa shape index (κ3) is 3.03. The molecule has 2 rings (SSSR count). The molecule has 2 aromatic rings. The summed E-state index contributed by atoms with van der Waals surface area (Å²) in [6.45, 7) is 0.222. The van der Waals surface area contributed by atoms with Crippen LogP contribution in [-0.2, 0) is 6.61 Å². The lowest BCUT2D eigenvalue weighted by Gasteiger charge is -2.03. The molecule has 1 aromatic heterocycles. The molecule has 0 fully saturated rings. The monoisotopic (exact) mass is 266 g/mol. The van der Waals surface area contributed by atoms with Gasteiger partial charge in [0.2, 0.25) is 0 Å². The smallest absolute Gasteiger partial charge is 0.268 e.